The van der Waals surface area contributed by atoms with Crippen molar-refractivity contribution < 1.29 is 14.3 Å². The van der Waals surface area contributed by atoms with E-state index in [1.165, 1.54) is 6.40 Å². The second-order valence-electron chi connectivity index (χ2n) is 7.70. The van der Waals surface area contributed by atoms with Gasteiger partial charge < -0.3 is 20.1 Å². The second-order valence-corrected chi connectivity index (χ2v) is 7.70. The lowest BCUT2D eigenvalue weighted by Crippen LogP contribution is -2.27. The van der Waals surface area contributed by atoms with Crippen molar-refractivity contribution in [2.75, 3.05) is 6.54 Å². The zero-order valence-corrected chi connectivity index (χ0v) is 17.7. The van der Waals surface area contributed by atoms with E-state index < -0.39 is 12.0 Å². The van der Waals surface area contributed by atoms with Crippen LogP contribution in [0.1, 0.15) is 5.56 Å². The Morgan fingerprint density at radius 2 is 2.09 bits per heavy atom. The third-order valence-electron chi connectivity index (χ3n) is 5.49. The number of allylic oxidation sites excluding steroid dienone is 4. The molecule has 3 heterocycles. The fourth-order valence-corrected chi connectivity index (χ4v) is 3.89. The van der Waals surface area contributed by atoms with Gasteiger partial charge in [-0.15, -0.1) is 0 Å². The Balaban J connectivity index is 1.56. The molecule has 0 spiro atoms. The molecule has 0 radical (unpaired) electrons. The van der Waals surface area contributed by atoms with Gasteiger partial charge in [-0.1, -0.05) is 48.6 Å². The zero-order valence-electron chi connectivity index (χ0n) is 17.7. The quantitative estimate of drug-likeness (QED) is 0.734. The molecular weight excluding hydrogens is 416 g/mol. The summed E-state index contributed by atoms with van der Waals surface area (Å²) < 4.78 is 12.0. The van der Waals surface area contributed by atoms with E-state index in [4.69, 9.17) is 15.2 Å². The third-order valence-corrected chi connectivity index (χ3v) is 5.49. The minimum absolute atomic E-state index is 0.242. The Hall–Kier alpha value is -4.39. The first kappa shape index (κ1) is 20.5. The zero-order chi connectivity index (χ0) is 22.6. The molecule has 1 aromatic carbocycles. The molecule has 2 N–H and O–H groups in total. The Labute approximate surface area is 191 Å². The lowest BCUT2D eigenvalue weighted by molar-refractivity contribution is -0.115. The molecule has 0 saturated carbocycles. The van der Waals surface area contributed by atoms with Crippen LogP contribution in [0.5, 0.6) is 5.88 Å². The highest BCUT2D eigenvalue weighted by Crippen LogP contribution is 2.28. The van der Waals surface area contributed by atoms with Crippen molar-refractivity contribution in [1.82, 2.24) is 9.88 Å². The van der Waals surface area contributed by atoms with Gasteiger partial charge in [0.1, 0.15) is 17.9 Å². The van der Waals surface area contributed by atoms with Crippen molar-refractivity contribution in [3.05, 3.63) is 102 Å². The molecule has 7 nitrogen and oxygen atoms in total. The van der Waals surface area contributed by atoms with Crippen LogP contribution in [-0.2, 0) is 9.53 Å². The number of nitrogens with two attached hydrogens (primary N) is 1. The number of rotatable bonds is 1. The highest BCUT2D eigenvalue weighted by Gasteiger charge is 2.27. The fourth-order valence-electron chi connectivity index (χ4n) is 3.89. The molecule has 2 atom stereocenters. The monoisotopic (exact) mass is 438 g/mol. The van der Waals surface area contributed by atoms with Gasteiger partial charge in [-0.2, -0.15) is 0 Å². The fraction of sp³-hybridized carbons (Fsp3) is 0.115. The van der Waals surface area contributed by atoms with Crippen LogP contribution in [0.4, 0.5) is 0 Å². The summed E-state index contributed by atoms with van der Waals surface area (Å²) in [5.41, 5.74) is 7.93. The number of amides is 1. The highest BCUT2D eigenvalue weighted by atomic mass is 16.5. The Morgan fingerprint density at radius 1 is 1.15 bits per heavy atom. The van der Waals surface area contributed by atoms with Gasteiger partial charge >= 0.3 is 0 Å². The van der Waals surface area contributed by atoms with Gasteiger partial charge in [-0.25, -0.2) is 9.98 Å². The summed E-state index contributed by atoms with van der Waals surface area (Å²) in [6, 6.07) is 8.06. The van der Waals surface area contributed by atoms with Crippen molar-refractivity contribution in [3.63, 3.8) is 0 Å². The number of carbonyl (C=O) groups is 1. The molecule has 3 aliphatic rings. The van der Waals surface area contributed by atoms with Crippen LogP contribution in [0.15, 0.2) is 102 Å². The highest BCUT2D eigenvalue weighted by molar-refractivity contribution is 5.92. The summed E-state index contributed by atoms with van der Waals surface area (Å²) in [4.78, 5) is 22.3. The Morgan fingerprint density at radius 3 is 3.00 bits per heavy atom. The SMILES string of the molecule is NC(=O)C1=CC2CN1C=CN=COC1C=CC=CC1=CC=Cc1ccc3ccnc(c3c1)O2. The molecular formula is C26H22N4O3. The standard InChI is InChI=1S/C26H22N4O3/c27-25(31)23-15-21-16-30(23)13-12-28-17-32-24-7-2-1-5-20(24)6-3-4-18-8-9-19-10-11-29-26(33-21)22(19)14-18/h1-15,17,21,24H,16H2,(H2,27,31). The number of ether oxygens (including phenoxy) is 2. The van der Waals surface area contributed by atoms with Gasteiger partial charge in [0.2, 0.25) is 5.88 Å². The molecule has 2 unspecified atom stereocenters. The van der Waals surface area contributed by atoms with Crippen molar-refractivity contribution in [2.24, 2.45) is 10.7 Å². The third kappa shape index (κ3) is 4.48. The number of aliphatic imine (C=N–C) groups is 1. The van der Waals surface area contributed by atoms with Crippen molar-refractivity contribution in [2.45, 2.75) is 12.2 Å². The normalized spacial score (nSPS) is 21.6. The first-order valence-corrected chi connectivity index (χ1v) is 10.6. The van der Waals surface area contributed by atoms with Gasteiger partial charge in [0.25, 0.3) is 5.91 Å². The van der Waals surface area contributed by atoms with Crippen LogP contribution in [0.3, 0.4) is 0 Å². The maximum atomic E-state index is 12.0. The van der Waals surface area contributed by atoms with Crippen LogP contribution in [0.2, 0.25) is 0 Å². The number of pyridine rings is 1. The van der Waals surface area contributed by atoms with Crippen LogP contribution in [-0.4, -0.2) is 40.9 Å². The molecule has 164 valence electrons. The molecule has 1 amide bonds. The van der Waals surface area contributed by atoms with Crippen LogP contribution >= 0.6 is 0 Å². The molecule has 5 rings (SSSR count). The topological polar surface area (TPSA) is 90.0 Å². The van der Waals surface area contributed by atoms with Gasteiger partial charge in [-0.05, 0) is 40.8 Å². The summed E-state index contributed by atoms with van der Waals surface area (Å²) in [5.74, 6) is -0.0333. The number of fused-ring (bicyclic) bond motifs is 4. The van der Waals surface area contributed by atoms with E-state index in [1.807, 2.05) is 66.8 Å². The first-order chi connectivity index (χ1) is 16.2. The number of primary amides is 1. The summed E-state index contributed by atoms with van der Waals surface area (Å²) in [5, 5.41) is 1.91. The van der Waals surface area contributed by atoms with Gasteiger partial charge in [0.05, 0.1) is 6.54 Å². The second kappa shape index (κ2) is 9.00. The number of hydrogen-bond donors (Lipinski definition) is 1. The van der Waals surface area contributed by atoms with E-state index in [0.717, 1.165) is 21.9 Å². The first-order valence-electron chi connectivity index (χ1n) is 10.6. The lowest BCUT2D eigenvalue weighted by atomic mass is 10.0. The van der Waals surface area contributed by atoms with E-state index in [9.17, 15) is 4.79 Å². The summed E-state index contributed by atoms with van der Waals surface area (Å²) >= 11 is 0. The van der Waals surface area contributed by atoms with Crippen LogP contribution in [0.25, 0.3) is 16.8 Å². The number of hydrogen-bond acceptors (Lipinski definition) is 6. The Bertz CT molecular complexity index is 1300. The van der Waals surface area contributed by atoms with Crippen molar-refractivity contribution in [1.29, 1.82) is 0 Å². The molecule has 1 aromatic heterocycles. The summed E-state index contributed by atoms with van der Waals surface area (Å²) in [6.45, 7) is 0.409. The molecule has 1 aliphatic carbocycles. The summed E-state index contributed by atoms with van der Waals surface area (Å²) in [7, 11) is 0. The molecule has 33 heavy (non-hydrogen) atoms. The average Bonchev–Trinajstić information content (AvgIpc) is 3.22. The molecule has 4 bridgehead atoms. The number of nitrogens with zero attached hydrogens (tertiary/aromatic N) is 3. The maximum Gasteiger partial charge on any atom is 0.265 e. The van der Waals surface area contributed by atoms with Gasteiger partial charge in [-0.3, -0.25) is 4.79 Å². The molecule has 2 aliphatic heterocycles. The van der Waals surface area contributed by atoms with Crippen LogP contribution < -0.4 is 10.5 Å². The van der Waals surface area contributed by atoms with E-state index >= 15 is 0 Å². The van der Waals surface area contributed by atoms with Gasteiger partial charge in [0.15, 0.2) is 6.40 Å². The average molecular weight is 438 g/mol. The number of benzene rings is 1. The van der Waals surface area contributed by atoms with E-state index in [-0.39, 0.29) is 6.10 Å². The van der Waals surface area contributed by atoms with Gasteiger partial charge in [0, 0.05) is 24.0 Å². The number of aromatic nitrogens is 1. The minimum Gasteiger partial charge on any atom is -0.471 e. The maximum absolute atomic E-state index is 12.0. The smallest absolute Gasteiger partial charge is 0.265 e. The van der Waals surface area contributed by atoms with Crippen molar-refractivity contribution in [3.8, 4) is 5.88 Å². The molecule has 0 fully saturated rings. The Kier molecular flexibility index (Phi) is 5.59. The molecule has 2 aromatic rings. The van der Waals surface area contributed by atoms with Crippen LogP contribution in [0, 0.1) is 0 Å². The molecule has 0 saturated heterocycles. The largest absolute Gasteiger partial charge is 0.471 e. The lowest BCUT2D eigenvalue weighted by Gasteiger charge is -2.17. The van der Waals surface area contributed by atoms with E-state index in [0.29, 0.717) is 18.1 Å². The van der Waals surface area contributed by atoms with E-state index in [2.05, 4.69) is 9.98 Å². The predicted octanol–water partition coefficient (Wildman–Crippen LogP) is 3.63. The van der Waals surface area contributed by atoms with Crippen molar-refractivity contribution >= 4 is 29.2 Å². The predicted molar refractivity (Wildman–Crippen MR) is 128 cm³/mol. The van der Waals surface area contributed by atoms with E-state index in [1.54, 1.807) is 29.6 Å². The molecule has 7 heteroatoms. The minimum atomic E-state index is -0.538. The number of carbonyl (C=O) groups excluding carboxylic acids is 1. The summed E-state index contributed by atoms with van der Waals surface area (Å²) in [6.07, 6.45) is 21.3.